The van der Waals surface area contributed by atoms with Gasteiger partial charge in [-0.2, -0.15) is 0 Å². The Hall–Kier alpha value is 0.540. The molecule has 0 aliphatic carbocycles. The van der Waals surface area contributed by atoms with E-state index < -0.39 is 34.9 Å². The van der Waals surface area contributed by atoms with Crippen molar-refractivity contribution >= 4 is 102 Å². The molecule has 0 fully saturated rings. The fourth-order valence-corrected chi connectivity index (χ4v) is 4.95. The number of benzene rings is 2. The number of hydrogen-bond donors (Lipinski definition) is 0. The SMILES string of the molecule is Fc1c(F)c(I)c(N=Nc2c(I)c(F)c(F)c(F)c2I)c(I)c1F. The van der Waals surface area contributed by atoms with Crippen LogP contribution < -0.4 is 0 Å². The summed E-state index contributed by atoms with van der Waals surface area (Å²) in [6.07, 6.45) is 0. The topological polar surface area (TPSA) is 24.7 Å². The molecule has 0 bridgehead atoms. The average molecular weight is 794 g/mol. The Labute approximate surface area is 185 Å². The maximum atomic E-state index is 13.6. The maximum Gasteiger partial charge on any atom is 0.196 e. The lowest BCUT2D eigenvalue weighted by Crippen LogP contribution is -2.00. The molecule has 2 nitrogen and oxygen atoms in total. The summed E-state index contributed by atoms with van der Waals surface area (Å²) in [5.41, 5.74) is -0.686. The lowest BCUT2D eigenvalue weighted by molar-refractivity contribution is 0.440. The standard InChI is InChI=1S/C12F6I4N2/c13-1-3(15)7(19)11(8(20)4(1)16)23-24-12-9(21)5(17)2(14)6(18)10(12)22. The highest BCUT2D eigenvalue weighted by Gasteiger charge is 2.24. The third-order valence-corrected chi connectivity index (χ3v) is 6.56. The second kappa shape index (κ2) is 8.05. The van der Waals surface area contributed by atoms with Crippen molar-refractivity contribution in [3.63, 3.8) is 0 Å². The van der Waals surface area contributed by atoms with Crippen molar-refractivity contribution in [2.24, 2.45) is 10.2 Å². The molecule has 0 heterocycles. The molecular formula is C12F6I4N2. The van der Waals surface area contributed by atoms with Crippen LogP contribution in [0.3, 0.4) is 0 Å². The van der Waals surface area contributed by atoms with Gasteiger partial charge in [0.1, 0.15) is 11.4 Å². The number of nitrogens with zero attached hydrogens (tertiary/aromatic N) is 2. The molecule has 2 rings (SSSR count). The molecule has 0 aromatic heterocycles. The van der Waals surface area contributed by atoms with Gasteiger partial charge in [-0.25, -0.2) is 26.3 Å². The summed E-state index contributed by atoms with van der Waals surface area (Å²) in [5, 5.41) is 7.14. The molecule has 128 valence electrons. The molecule has 0 unspecified atom stereocenters. The zero-order chi connectivity index (χ0) is 18.3. The average Bonchev–Trinajstić information content (AvgIpc) is 2.57. The van der Waals surface area contributed by atoms with Gasteiger partial charge >= 0.3 is 0 Å². The minimum atomic E-state index is -1.66. The number of hydrogen-bond acceptors (Lipinski definition) is 2. The molecule has 0 radical (unpaired) electrons. The molecule has 0 saturated heterocycles. The van der Waals surface area contributed by atoms with E-state index in [1.165, 1.54) is 90.4 Å². The normalized spacial score (nSPS) is 11.6. The predicted octanol–water partition coefficient (Wildman–Crippen LogP) is 7.36. The summed E-state index contributed by atoms with van der Waals surface area (Å²) < 4.78 is 79.6. The van der Waals surface area contributed by atoms with E-state index in [0.29, 0.717) is 0 Å². The predicted molar refractivity (Wildman–Crippen MR) is 108 cm³/mol. The summed E-state index contributed by atoms with van der Waals surface area (Å²) >= 11 is 5.60. The summed E-state index contributed by atoms with van der Waals surface area (Å²) in [6.45, 7) is 0. The van der Waals surface area contributed by atoms with Crippen LogP contribution in [0.5, 0.6) is 0 Å². The monoisotopic (exact) mass is 794 g/mol. The van der Waals surface area contributed by atoms with Crippen LogP contribution in [0.4, 0.5) is 37.7 Å². The van der Waals surface area contributed by atoms with Crippen LogP contribution in [-0.4, -0.2) is 0 Å². The van der Waals surface area contributed by atoms with Crippen LogP contribution in [-0.2, 0) is 0 Å². The van der Waals surface area contributed by atoms with E-state index in [9.17, 15) is 26.3 Å². The van der Waals surface area contributed by atoms with E-state index in [2.05, 4.69) is 10.2 Å². The molecule has 0 atom stereocenters. The summed E-state index contributed by atoms with van der Waals surface area (Å²) in [4.78, 5) is 0. The van der Waals surface area contributed by atoms with Crippen LogP contribution in [0, 0.1) is 49.2 Å². The first-order valence-corrected chi connectivity index (χ1v) is 9.85. The molecule has 12 heteroatoms. The van der Waals surface area contributed by atoms with Crippen molar-refractivity contribution in [2.75, 3.05) is 0 Å². The van der Waals surface area contributed by atoms with Gasteiger partial charge in [-0.05, 0) is 90.4 Å². The Balaban J connectivity index is 2.67. The van der Waals surface area contributed by atoms with Crippen LogP contribution in [0.15, 0.2) is 10.2 Å². The van der Waals surface area contributed by atoms with Crippen molar-refractivity contribution in [1.29, 1.82) is 0 Å². The Bertz CT molecular complexity index is 757. The van der Waals surface area contributed by atoms with Gasteiger partial charge in [0.05, 0.1) is 14.3 Å². The van der Waals surface area contributed by atoms with Crippen molar-refractivity contribution in [3.8, 4) is 0 Å². The first-order valence-electron chi connectivity index (χ1n) is 5.54. The molecule has 24 heavy (non-hydrogen) atoms. The van der Waals surface area contributed by atoms with Crippen molar-refractivity contribution in [3.05, 3.63) is 49.2 Å². The molecule has 2 aromatic carbocycles. The van der Waals surface area contributed by atoms with Crippen molar-refractivity contribution in [1.82, 2.24) is 0 Å². The molecule has 0 amide bonds. The van der Waals surface area contributed by atoms with Crippen molar-refractivity contribution < 1.29 is 26.3 Å². The Kier molecular flexibility index (Phi) is 6.99. The quantitative estimate of drug-likeness (QED) is 0.100. The van der Waals surface area contributed by atoms with Crippen LogP contribution in [0.1, 0.15) is 0 Å². The molecule has 0 N–H and O–H groups in total. The molecule has 0 saturated carbocycles. The van der Waals surface area contributed by atoms with E-state index in [-0.39, 0.29) is 25.7 Å². The van der Waals surface area contributed by atoms with E-state index >= 15 is 0 Å². The summed E-state index contributed by atoms with van der Waals surface area (Å²) in [5.74, 6) is -9.14. The number of halogens is 10. The summed E-state index contributed by atoms with van der Waals surface area (Å²) in [7, 11) is 0. The second-order valence-electron chi connectivity index (χ2n) is 4.04. The van der Waals surface area contributed by atoms with Crippen molar-refractivity contribution in [2.45, 2.75) is 0 Å². The Morgan fingerprint density at radius 1 is 0.417 bits per heavy atom. The highest BCUT2D eigenvalue weighted by molar-refractivity contribution is 14.1. The van der Waals surface area contributed by atoms with Crippen LogP contribution >= 0.6 is 90.4 Å². The minimum absolute atomic E-state index is 0.343. The van der Waals surface area contributed by atoms with Gasteiger partial charge in [0, 0.05) is 0 Å². The maximum absolute atomic E-state index is 13.6. The number of rotatable bonds is 2. The van der Waals surface area contributed by atoms with Gasteiger partial charge in [-0.15, -0.1) is 10.2 Å². The van der Waals surface area contributed by atoms with E-state index in [1.807, 2.05) is 0 Å². The second-order valence-corrected chi connectivity index (χ2v) is 8.35. The first kappa shape index (κ1) is 20.8. The van der Waals surface area contributed by atoms with E-state index in [0.717, 1.165) is 0 Å². The van der Waals surface area contributed by atoms with E-state index in [1.54, 1.807) is 0 Å². The Morgan fingerprint density at radius 2 is 0.625 bits per heavy atom. The molecule has 0 spiro atoms. The van der Waals surface area contributed by atoms with Gasteiger partial charge in [0.15, 0.2) is 34.9 Å². The smallest absolute Gasteiger partial charge is 0.196 e. The number of azo groups is 1. The van der Waals surface area contributed by atoms with Gasteiger partial charge in [-0.1, -0.05) is 0 Å². The van der Waals surface area contributed by atoms with Crippen LogP contribution in [0.2, 0.25) is 0 Å². The van der Waals surface area contributed by atoms with Gasteiger partial charge in [0.25, 0.3) is 0 Å². The fourth-order valence-electron chi connectivity index (χ4n) is 1.46. The van der Waals surface area contributed by atoms with Gasteiger partial charge in [-0.3, -0.25) is 0 Å². The highest BCUT2D eigenvalue weighted by Crippen LogP contribution is 2.38. The van der Waals surface area contributed by atoms with Gasteiger partial charge < -0.3 is 0 Å². The minimum Gasteiger partial charge on any atom is -0.202 e. The lowest BCUT2D eigenvalue weighted by atomic mass is 10.3. The third-order valence-electron chi connectivity index (χ3n) is 2.62. The van der Waals surface area contributed by atoms with Gasteiger partial charge in [0.2, 0.25) is 0 Å². The molecule has 0 aliphatic rings. The fraction of sp³-hybridized carbons (Fsp3) is 0. The summed E-state index contributed by atoms with van der Waals surface area (Å²) in [6, 6.07) is 0. The Morgan fingerprint density at radius 3 is 0.833 bits per heavy atom. The van der Waals surface area contributed by atoms with E-state index in [4.69, 9.17) is 0 Å². The highest BCUT2D eigenvalue weighted by atomic mass is 127. The molecule has 0 aliphatic heterocycles. The zero-order valence-corrected chi connectivity index (χ0v) is 19.3. The third kappa shape index (κ3) is 3.65. The largest absolute Gasteiger partial charge is 0.202 e. The zero-order valence-electron chi connectivity index (χ0n) is 10.7. The van der Waals surface area contributed by atoms with Crippen LogP contribution in [0.25, 0.3) is 0 Å². The first-order chi connectivity index (χ1) is 11.1. The molecule has 2 aromatic rings. The molecular weight excluding hydrogens is 794 g/mol. The lowest BCUT2D eigenvalue weighted by Gasteiger charge is -2.08.